The van der Waals surface area contributed by atoms with E-state index in [-0.39, 0.29) is 30.8 Å². The maximum atomic E-state index is 15.1. The number of ether oxygens (including phenoxy) is 4. The van der Waals surface area contributed by atoms with E-state index in [1.807, 2.05) is 12.1 Å². The molecule has 0 spiro atoms. The number of aromatic nitrogens is 3. The highest BCUT2D eigenvalue weighted by molar-refractivity contribution is 5.69. The van der Waals surface area contributed by atoms with Gasteiger partial charge in [-0.2, -0.15) is 10.2 Å². The number of methoxy groups -OCH3 is 1. The van der Waals surface area contributed by atoms with Crippen molar-refractivity contribution in [2.45, 2.75) is 51.1 Å². The third-order valence-electron chi connectivity index (χ3n) is 8.56. The van der Waals surface area contributed by atoms with E-state index in [0.29, 0.717) is 34.8 Å². The molecule has 6 rings (SSSR count). The van der Waals surface area contributed by atoms with Gasteiger partial charge in [0, 0.05) is 50.8 Å². The molecule has 13 nitrogen and oxygen atoms in total. The van der Waals surface area contributed by atoms with Gasteiger partial charge in [0.05, 0.1) is 44.2 Å². The van der Waals surface area contributed by atoms with Crippen LogP contribution in [0.15, 0.2) is 42.7 Å². The van der Waals surface area contributed by atoms with Crippen molar-refractivity contribution >= 4 is 23.4 Å². The number of nitriles is 1. The summed E-state index contributed by atoms with van der Waals surface area (Å²) in [6, 6.07) is 13.4. The van der Waals surface area contributed by atoms with Crippen molar-refractivity contribution in [3.8, 4) is 29.0 Å². The van der Waals surface area contributed by atoms with E-state index in [0.717, 1.165) is 45.1 Å². The molecule has 1 amide bonds. The summed E-state index contributed by atoms with van der Waals surface area (Å²) >= 11 is 0. The predicted molar refractivity (Wildman–Crippen MR) is 176 cm³/mol. The average molecular weight is 661 g/mol. The number of rotatable bonds is 8. The number of piperidine rings is 1. The van der Waals surface area contributed by atoms with Crippen LogP contribution in [0, 0.1) is 11.3 Å². The van der Waals surface area contributed by atoms with Crippen molar-refractivity contribution in [3.63, 3.8) is 0 Å². The lowest BCUT2D eigenvalue weighted by atomic mass is 10.0. The average Bonchev–Trinajstić information content (AvgIpc) is 3.04. The first kappa shape index (κ1) is 33.2. The Kier molecular flexibility index (Phi) is 9.79. The van der Waals surface area contributed by atoms with Gasteiger partial charge < -0.3 is 34.1 Å². The molecule has 3 aliphatic heterocycles. The Morgan fingerprint density at radius 2 is 1.85 bits per heavy atom. The number of halogens is 1. The lowest BCUT2D eigenvalue weighted by molar-refractivity contribution is -0.0660. The first-order chi connectivity index (χ1) is 23.1. The number of piperazine rings is 1. The summed E-state index contributed by atoms with van der Waals surface area (Å²) in [5, 5.41) is 13.1. The number of benzene rings is 1. The minimum Gasteiger partial charge on any atom is -0.486 e. The summed E-state index contributed by atoms with van der Waals surface area (Å²) in [5.41, 5.74) is 1.75. The van der Waals surface area contributed by atoms with Crippen LogP contribution < -0.4 is 19.7 Å². The van der Waals surface area contributed by atoms with Gasteiger partial charge >= 0.3 is 6.09 Å². The number of amides is 1. The summed E-state index contributed by atoms with van der Waals surface area (Å²) in [6.45, 7) is 10.8. The molecule has 5 heterocycles. The molecule has 0 saturated carbocycles. The van der Waals surface area contributed by atoms with Gasteiger partial charge in [-0.25, -0.2) is 19.2 Å². The van der Waals surface area contributed by atoms with E-state index in [2.05, 4.69) is 36.1 Å². The normalized spacial score (nSPS) is 20.4. The number of carbonyl (C=O) groups excluding carboxylic acids is 1. The minimum absolute atomic E-state index is 0.146. The van der Waals surface area contributed by atoms with Crippen LogP contribution in [0.2, 0.25) is 0 Å². The molecule has 254 valence electrons. The molecule has 1 N–H and O–H groups in total. The first-order valence-corrected chi connectivity index (χ1v) is 16.1. The summed E-state index contributed by atoms with van der Waals surface area (Å²) in [6.07, 6.45) is -1.11. The molecule has 0 unspecified atom stereocenters. The molecular formula is C34H41FN8O5. The third-order valence-corrected chi connectivity index (χ3v) is 8.56. The second-order valence-electron chi connectivity index (χ2n) is 13.1. The SMILES string of the molecule is COc1nc(Nc2cc(-c3ccc(O[C@H]4CCN(C(=O)OC(C)(C)C)C[C@H]4F)c(C#N)c3)ncn2)ccc1N1CCN(C2COC2)CC1. The van der Waals surface area contributed by atoms with Crippen molar-refractivity contribution in [2.24, 2.45) is 0 Å². The quantitative estimate of drug-likeness (QED) is 0.366. The number of pyridine rings is 1. The fourth-order valence-electron chi connectivity index (χ4n) is 5.92. The van der Waals surface area contributed by atoms with Crippen LogP contribution >= 0.6 is 0 Å². The highest BCUT2D eigenvalue weighted by Crippen LogP contribution is 2.32. The van der Waals surface area contributed by atoms with Crippen molar-refractivity contribution < 1.29 is 28.1 Å². The van der Waals surface area contributed by atoms with Gasteiger partial charge in [0.25, 0.3) is 0 Å². The highest BCUT2D eigenvalue weighted by Gasteiger charge is 2.35. The maximum absolute atomic E-state index is 15.1. The molecule has 48 heavy (non-hydrogen) atoms. The molecule has 0 radical (unpaired) electrons. The number of carbonyl (C=O) groups is 1. The Morgan fingerprint density at radius 1 is 1.06 bits per heavy atom. The molecule has 1 aromatic carbocycles. The van der Waals surface area contributed by atoms with Crippen LogP contribution in [0.5, 0.6) is 11.6 Å². The highest BCUT2D eigenvalue weighted by atomic mass is 19.1. The van der Waals surface area contributed by atoms with Crippen molar-refractivity contribution in [3.05, 3.63) is 48.3 Å². The molecule has 3 aliphatic rings. The Labute approximate surface area is 279 Å². The number of likely N-dealkylation sites (tertiary alicyclic amines) is 1. The fourth-order valence-corrected chi connectivity index (χ4v) is 5.92. The van der Waals surface area contributed by atoms with Gasteiger partial charge in [0.1, 0.15) is 47.2 Å². The fraction of sp³-hybridized carbons (Fsp3) is 0.500. The molecule has 3 fully saturated rings. The smallest absolute Gasteiger partial charge is 0.410 e. The summed E-state index contributed by atoms with van der Waals surface area (Å²) in [7, 11) is 1.61. The summed E-state index contributed by atoms with van der Waals surface area (Å²) in [4.78, 5) is 31.9. The predicted octanol–water partition coefficient (Wildman–Crippen LogP) is 4.41. The number of nitrogens with zero attached hydrogens (tertiary/aromatic N) is 7. The van der Waals surface area contributed by atoms with Crippen LogP contribution in [-0.4, -0.2) is 114 Å². The molecule has 2 atom stereocenters. The molecule has 3 saturated heterocycles. The zero-order valence-corrected chi connectivity index (χ0v) is 27.7. The molecule has 14 heteroatoms. The molecule has 2 aromatic heterocycles. The third kappa shape index (κ3) is 7.69. The van der Waals surface area contributed by atoms with Gasteiger partial charge in [-0.1, -0.05) is 0 Å². The van der Waals surface area contributed by atoms with E-state index in [1.165, 1.54) is 11.2 Å². The largest absolute Gasteiger partial charge is 0.486 e. The van der Waals surface area contributed by atoms with E-state index >= 15 is 4.39 Å². The first-order valence-electron chi connectivity index (χ1n) is 16.1. The topological polar surface area (TPSA) is 138 Å². The standard InChI is InChI=1S/C34H41FN8O5/c1-34(2,3)48-33(44)43-10-9-29(25(35)18-43)47-28-7-5-22(15-23(28)17-36)26-16-31(38-21-37-26)39-30-8-6-27(32(40-30)45-4)42-13-11-41(12-14-42)24-19-46-20-24/h5-8,15-16,21,24-25,29H,9-14,18-20H2,1-4H3,(H,37,38,39,40)/t25-,29+/m1/s1. The van der Waals surface area contributed by atoms with Crippen molar-refractivity contribution in [1.29, 1.82) is 5.26 Å². The second-order valence-corrected chi connectivity index (χ2v) is 13.1. The van der Waals surface area contributed by atoms with E-state index in [1.54, 1.807) is 52.1 Å². The Balaban J connectivity index is 1.09. The Bertz CT molecular complexity index is 1650. The molecule has 0 aliphatic carbocycles. The van der Waals surface area contributed by atoms with Gasteiger partial charge in [0.2, 0.25) is 5.88 Å². The van der Waals surface area contributed by atoms with Crippen LogP contribution in [0.4, 0.5) is 26.5 Å². The number of hydrogen-bond donors (Lipinski definition) is 1. The lowest BCUT2D eigenvalue weighted by Crippen LogP contribution is -2.56. The van der Waals surface area contributed by atoms with Crippen LogP contribution in [0.3, 0.4) is 0 Å². The van der Waals surface area contributed by atoms with Gasteiger partial charge in [0.15, 0.2) is 6.17 Å². The van der Waals surface area contributed by atoms with Crippen LogP contribution in [0.1, 0.15) is 32.8 Å². The van der Waals surface area contributed by atoms with E-state index in [9.17, 15) is 10.1 Å². The number of alkyl halides is 1. The van der Waals surface area contributed by atoms with Gasteiger partial charge in [-0.15, -0.1) is 0 Å². The Hall–Kier alpha value is -4.74. The minimum atomic E-state index is -1.44. The molecule has 0 bridgehead atoms. The number of nitrogens with one attached hydrogen (secondary N) is 1. The summed E-state index contributed by atoms with van der Waals surface area (Å²) < 4.78 is 37.4. The van der Waals surface area contributed by atoms with E-state index in [4.69, 9.17) is 18.9 Å². The monoisotopic (exact) mass is 660 g/mol. The number of anilines is 3. The molecule has 3 aromatic rings. The van der Waals surface area contributed by atoms with Gasteiger partial charge in [-0.3, -0.25) is 4.90 Å². The van der Waals surface area contributed by atoms with Gasteiger partial charge in [-0.05, 0) is 51.1 Å². The second kappa shape index (κ2) is 14.2. The van der Waals surface area contributed by atoms with Crippen LogP contribution in [0.25, 0.3) is 11.3 Å². The Morgan fingerprint density at radius 3 is 2.52 bits per heavy atom. The zero-order valence-electron chi connectivity index (χ0n) is 27.7. The molecular weight excluding hydrogens is 619 g/mol. The van der Waals surface area contributed by atoms with Crippen LogP contribution in [-0.2, 0) is 9.47 Å². The number of hydrogen-bond acceptors (Lipinski definition) is 12. The van der Waals surface area contributed by atoms with E-state index < -0.39 is 24.0 Å². The van der Waals surface area contributed by atoms with Crippen molar-refractivity contribution in [1.82, 2.24) is 24.8 Å². The summed E-state index contributed by atoms with van der Waals surface area (Å²) in [5.74, 6) is 1.86. The van der Waals surface area contributed by atoms with Crippen molar-refractivity contribution in [2.75, 3.05) is 69.8 Å². The lowest BCUT2D eigenvalue weighted by Gasteiger charge is -2.43. The zero-order chi connectivity index (χ0) is 33.8. The maximum Gasteiger partial charge on any atom is 0.410 e.